The molecule has 2 rings (SSSR count). The predicted octanol–water partition coefficient (Wildman–Crippen LogP) is 2.54. The molecule has 17 heavy (non-hydrogen) atoms. The van der Waals surface area contributed by atoms with Crippen LogP contribution >= 0.6 is 15.9 Å². The molecule has 2 heterocycles. The van der Waals surface area contributed by atoms with Crippen LogP contribution in [-0.4, -0.2) is 33.7 Å². The van der Waals surface area contributed by atoms with Crippen molar-refractivity contribution in [3.8, 4) is 0 Å². The van der Waals surface area contributed by atoms with E-state index in [4.69, 9.17) is 0 Å². The minimum absolute atomic E-state index is 0.0998. The van der Waals surface area contributed by atoms with Crippen LogP contribution in [-0.2, 0) is 6.54 Å². The van der Waals surface area contributed by atoms with Gasteiger partial charge in [-0.1, -0.05) is 6.92 Å². The zero-order chi connectivity index (χ0) is 12.4. The molecule has 0 N–H and O–H groups in total. The van der Waals surface area contributed by atoms with Crippen molar-refractivity contribution in [3.05, 3.63) is 16.4 Å². The highest BCUT2D eigenvalue weighted by Crippen LogP contribution is 2.22. The summed E-state index contributed by atoms with van der Waals surface area (Å²) in [4.78, 5) is 14.4. The lowest BCUT2D eigenvalue weighted by Gasteiger charge is -2.31. The van der Waals surface area contributed by atoms with Crippen LogP contribution < -0.4 is 0 Å². The first-order chi connectivity index (χ1) is 8.13. The second-order valence-corrected chi connectivity index (χ2v) is 5.51. The van der Waals surface area contributed by atoms with Gasteiger partial charge in [0.05, 0.1) is 10.7 Å². The zero-order valence-electron chi connectivity index (χ0n) is 10.3. The number of likely N-dealkylation sites (tertiary alicyclic amines) is 1. The highest BCUT2D eigenvalue weighted by atomic mass is 79.9. The van der Waals surface area contributed by atoms with Gasteiger partial charge in [0.15, 0.2) is 0 Å². The number of amides is 1. The first kappa shape index (κ1) is 12.6. The molecule has 1 aromatic heterocycles. The number of rotatable bonds is 2. The van der Waals surface area contributed by atoms with Crippen molar-refractivity contribution in [2.75, 3.05) is 13.1 Å². The lowest BCUT2D eigenvalue weighted by Crippen LogP contribution is -2.40. The molecule has 94 valence electrons. The fourth-order valence-electron chi connectivity index (χ4n) is 2.34. The molecule has 0 spiro atoms. The summed E-state index contributed by atoms with van der Waals surface area (Å²) in [5, 5.41) is 4.19. The van der Waals surface area contributed by atoms with Gasteiger partial charge in [0.25, 0.3) is 5.91 Å². The highest BCUT2D eigenvalue weighted by molar-refractivity contribution is 9.10. The average Bonchev–Trinajstić information content (AvgIpc) is 2.69. The lowest BCUT2D eigenvalue weighted by molar-refractivity contribution is 0.0669. The lowest BCUT2D eigenvalue weighted by atomic mass is 10.00. The Morgan fingerprint density at radius 2 is 2.41 bits per heavy atom. The molecule has 4 nitrogen and oxygen atoms in total. The fraction of sp³-hybridized carbons (Fsp3) is 0.667. The maximum Gasteiger partial charge on any atom is 0.273 e. The zero-order valence-corrected chi connectivity index (χ0v) is 11.9. The molecule has 1 atom stereocenters. The van der Waals surface area contributed by atoms with Crippen molar-refractivity contribution in [3.63, 3.8) is 0 Å². The van der Waals surface area contributed by atoms with Gasteiger partial charge in [-0.3, -0.25) is 9.48 Å². The van der Waals surface area contributed by atoms with E-state index >= 15 is 0 Å². The smallest absolute Gasteiger partial charge is 0.273 e. The largest absolute Gasteiger partial charge is 0.337 e. The molecule has 0 bridgehead atoms. The summed E-state index contributed by atoms with van der Waals surface area (Å²) in [6, 6.07) is 0. The van der Waals surface area contributed by atoms with E-state index in [0.717, 1.165) is 30.5 Å². The molecule has 0 saturated carbocycles. The Labute approximate surface area is 110 Å². The van der Waals surface area contributed by atoms with E-state index in [1.807, 2.05) is 11.8 Å². The third-order valence-electron chi connectivity index (χ3n) is 3.24. The van der Waals surface area contributed by atoms with Gasteiger partial charge >= 0.3 is 0 Å². The summed E-state index contributed by atoms with van der Waals surface area (Å²) in [5.41, 5.74) is 0.682. The van der Waals surface area contributed by atoms with Crippen molar-refractivity contribution in [2.45, 2.75) is 33.2 Å². The molecule has 1 aromatic rings. The maximum absolute atomic E-state index is 12.4. The Morgan fingerprint density at radius 1 is 1.65 bits per heavy atom. The van der Waals surface area contributed by atoms with Crippen LogP contribution in [0.5, 0.6) is 0 Å². The highest BCUT2D eigenvalue weighted by Gasteiger charge is 2.26. The van der Waals surface area contributed by atoms with Crippen LogP contribution in [0, 0.1) is 5.92 Å². The van der Waals surface area contributed by atoms with Crippen molar-refractivity contribution < 1.29 is 4.79 Å². The van der Waals surface area contributed by atoms with Crippen LogP contribution in [0.2, 0.25) is 0 Å². The Balaban J connectivity index is 2.21. The third-order valence-corrected chi connectivity index (χ3v) is 3.82. The fourth-order valence-corrected chi connectivity index (χ4v) is 2.80. The van der Waals surface area contributed by atoms with Gasteiger partial charge in [0, 0.05) is 19.6 Å². The van der Waals surface area contributed by atoms with Crippen molar-refractivity contribution >= 4 is 21.8 Å². The minimum Gasteiger partial charge on any atom is -0.337 e. The van der Waals surface area contributed by atoms with Gasteiger partial charge in [-0.25, -0.2) is 0 Å². The number of piperidine rings is 1. The van der Waals surface area contributed by atoms with Crippen LogP contribution in [0.4, 0.5) is 0 Å². The van der Waals surface area contributed by atoms with Crippen LogP contribution in [0.15, 0.2) is 10.7 Å². The molecular weight excluding hydrogens is 282 g/mol. The van der Waals surface area contributed by atoms with Gasteiger partial charge in [-0.05, 0) is 41.6 Å². The molecule has 5 heteroatoms. The van der Waals surface area contributed by atoms with Gasteiger partial charge in [0.1, 0.15) is 5.69 Å². The molecule has 1 aliphatic rings. The topological polar surface area (TPSA) is 38.1 Å². The number of aryl methyl sites for hydroxylation is 1. The van der Waals surface area contributed by atoms with E-state index in [1.54, 1.807) is 10.9 Å². The Kier molecular flexibility index (Phi) is 3.86. The summed E-state index contributed by atoms with van der Waals surface area (Å²) in [6.07, 6.45) is 4.02. The van der Waals surface area contributed by atoms with E-state index in [2.05, 4.69) is 28.0 Å². The Bertz CT molecular complexity index is 416. The summed E-state index contributed by atoms with van der Waals surface area (Å²) < 4.78 is 2.55. The number of hydrogen-bond donors (Lipinski definition) is 0. The number of carbonyl (C=O) groups excluding carboxylic acids is 1. The number of halogens is 1. The summed E-state index contributed by atoms with van der Waals surface area (Å²) >= 11 is 3.41. The third kappa shape index (κ3) is 2.54. The molecule has 1 unspecified atom stereocenters. The van der Waals surface area contributed by atoms with Gasteiger partial charge in [-0.2, -0.15) is 5.10 Å². The van der Waals surface area contributed by atoms with Crippen molar-refractivity contribution in [2.24, 2.45) is 5.92 Å². The number of nitrogens with zero attached hydrogens (tertiary/aromatic N) is 3. The molecule has 1 fully saturated rings. The van der Waals surface area contributed by atoms with E-state index < -0.39 is 0 Å². The van der Waals surface area contributed by atoms with Gasteiger partial charge in [-0.15, -0.1) is 0 Å². The second-order valence-electron chi connectivity index (χ2n) is 4.66. The quantitative estimate of drug-likeness (QED) is 0.842. The molecular formula is C12H18BrN3O. The molecule has 0 aromatic carbocycles. The average molecular weight is 300 g/mol. The van der Waals surface area contributed by atoms with E-state index in [0.29, 0.717) is 11.6 Å². The molecule has 0 aliphatic carbocycles. The summed E-state index contributed by atoms with van der Waals surface area (Å²) in [5.74, 6) is 0.701. The Hall–Kier alpha value is -0.840. The number of aromatic nitrogens is 2. The standard InChI is InChI=1S/C12H18BrN3O/c1-3-16-11(10(13)7-14-16)12(17)15-6-4-5-9(2)8-15/h7,9H,3-6,8H2,1-2H3. The number of carbonyl (C=O) groups is 1. The first-order valence-corrected chi connectivity index (χ1v) is 6.93. The monoisotopic (exact) mass is 299 g/mol. The number of hydrogen-bond acceptors (Lipinski definition) is 2. The normalized spacial score (nSPS) is 20.6. The van der Waals surface area contributed by atoms with Crippen LogP contribution in [0.3, 0.4) is 0 Å². The molecule has 0 radical (unpaired) electrons. The summed E-state index contributed by atoms with van der Waals surface area (Å²) in [7, 11) is 0. The van der Waals surface area contributed by atoms with Crippen LogP contribution in [0.1, 0.15) is 37.2 Å². The van der Waals surface area contributed by atoms with E-state index in [-0.39, 0.29) is 5.91 Å². The predicted molar refractivity (Wildman–Crippen MR) is 69.9 cm³/mol. The second kappa shape index (κ2) is 5.21. The van der Waals surface area contributed by atoms with Crippen molar-refractivity contribution in [1.29, 1.82) is 0 Å². The van der Waals surface area contributed by atoms with Gasteiger partial charge < -0.3 is 4.90 Å². The summed E-state index contributed by atoms with van der Waals surface area (Å²) in [6.45, 7) is 6.64. The van der Waals surface area contributed by atoms with Crippen molar-refractivity contribution in [1.82, 2.24) is 14.7 Å². The Morgan fingerprint density at radius 3 is 3.06 bits per heavy atom. The first-order valence-electron chi connectivity index (χ1n) is 6.14. The van der Waals surface area contributed by atoms with Gasteiger partial charge in [0.2, 0.25) is 0 Å². The molecule has 1 amide bonds. The maximum atomic E-state index is 12.4. The SMILES string of the molecule is CCn1ncc(Br)c1C(=O)N1CCCC(C)C1. The minimum atomic E-state index is 0.0998. The molecule has 1 saturated heterocycles. The van der Waals surface area contributed by atoms with E-state index in [9.17, 15) is 4.79 Å². The molecule has 1 aliphatic heterocycles. The van der Waals surface area contributed by atoms with E-state index in [1.165, 1.54) is 6.42 Å². The van der Waals surface area contributed by atoms with Crippen LogP contribution in [0.25, 0.3) is 0 Å².